The fourth-order valence-electron chi connectivity index (χ4n) is 3.32. The van der Waals surface area contributed by atoms with Gasteiger partial charge in [-0.25, -0.2) is 0 Å². The van der Waals surface area contributed by atoms with Crippen LogP contribution < -0.4 is 10.5 Å². The van der Waals surface area contributed by atoms with Gasteiger partial charge in [0, 0.05) is 16.7 Å². The Morgan fingerprint density at radius 2 is 2.11 bits per heavy atom. The molecule has 2 N–H and O–H groups in total. The van der Waals surface area contributed by atoms with Crippen LogP contribution in [0.4, 0.5) is 5.69 Å². The molecule has 0 aromatic heterocycles. The van der Waals surface area contributed by atoms with Crippen LogP contribution in [0.25, 0.3) is 0 Å². The van der Waals surface area contributed by atoms with E-state index in [2.05, 4.69) is 17.9 Å². The van der Waals surface area contributed by atoms with Crippen LogP contribution in [0, 0.1) is 0 Å². The Bertz CT molecular complexity index is 436. The number of nitrogen functional groups attached to an aromatic ring is 1. The molecule has 0 unspecified atom stereocenters. The summed E-state index contributed by atoms with van der Waals surface area (Å²) in [6.45, 7) is 6.68. The summed E-state index contributed by atoms with van der Waals surface area (Å²) in [6.07, 6.45) is 3.64. The summed E-state index contributed by atoms with van der Waals surface area (Å²) in [7, 11) is 0. The van der Waals surface area contributed by atoms with E-state index in [-0.39, 0.29) is 5.41 Å². The van der Waals surface area contributed by atoms with Gasteiger partial charge in [-0.1, -0.05) is 6.92 Å². The molecule has 1 saturated heterocycles. The minimum atomic E-state index is 0.231. The number of likely N-dealkylation sites (tertiary alicyclic amines) is 1. The van der Waals surface area contributed by atoms with Crippen LogP contribution >= 0.6 is 0 Å². The lowest BCUT2D eigenvalue weighted by Gasteiger charge is -2.38. The Kier molecular flexibility index (Phi) is 2.94. The quantitative estimate of drug-likeness (QED) is 0.814. The number of nitrogens with two attached hydrogens (primary N) is 1. The van der Waals surface area contributed by atoms with Crippen LogP contribution in [-0.4, -0.2) is 31.1 Å². The predicted molar refractivity (Wildman–Crippen MR) is 74.0 cm³/mol. The van der Waals surface area contributed by atoms with Crippen molar-refractivity contribution in [3.8, 4) is 5.75 Å². The van der Waals surface area contributed by atoms with Crippen molar-refractivity contribution in [3.63, 3.8) is 0 Å². The largest absolute Gasteiger partial charge is 0.492 e. The molecule has 3 heteroatoms. The van der Waals surface area contributed by atoms with E-state index in [1.165, 1.54) is 44.5 Å². The first kappa shape index (κ1) is 11.8. The average Bonchev–Trinajstić information content (AvgIpc) is 2.72. The van der Waals surface area contributed by atoms with Crippen molar-refractivity contribution in [2.45, 2.75) is 31.6 Å². The topological polar surface area (TPSA) is 38.5 Å². The third kappa shape index (κ3) is 1.87. The highest BCUT2D eigenvalue weighted by molar-refractivity contribution is 5.53. The second-order valence-electron chi connectivity index (χ2n) is 5.67. The van der Waals surface area contributed by atoms with Gasteiger partial charge in [-0.2, -0.15) is 0 Å². The summed E-state index contributed by atoms with van der Waals surface area (Å²) in [6, 6.07) is 6.08. The van der Waals surface area contributed by atoms with Crippen LogP contribution in [0.1, 0.15) is 31.7 Å². The lowest BCUT2D eigenvalue weighted by Crippen LogP contribution is -2.43. The fraction of sp³-hybridized carbons (Fsp3) is 0.600. The Morgan fingerprint density at radius 3 is 2.83 bits per heavy atom. The van der Waals surface area contributed by atoms with Crippen LogP contribution in [-0.2, 0) is 5.41 Å². The van der Waals surface area contributed by atoms with E-state index < -0.39 is 0 Å². The van der Waals surface area contributed by atoms with Crippen molar-refractivity contribution >= 4 is 5.69 Å². The molecule has 0 atom stereocenters. The van der Waals surface area contributed by atoms with E-state index in [9.17, 15) is 0 Å². The molecule has 2 aliphatic rings. The van der Waals surface area contributed by atoms with Crippen molar-refractivity contribution in [1.29, 1.82) is 0 Å². The molecule has 0 radical (unpaired) electrons. The highest BCUT2D eigenvalue weighted by atomic mass is 16.5. The first-order valence-corrected chi connectivity index (χ1v) is 6.99. The summed E-state index contributed by atoms with van der Waals surface area (Å²) in [5.41, 5.74) is 8.36. The van der Waals surface area contributed by atoms with Gasteiger partial charge in [0.05, 0.1) is 6.61 Å². The Hall–Kier alpha value is -1.22. The molecular formula is C15H22N2O. The molecule has 3 rings (SSSR count). The molecule has 0 amide bonds. The number of anilines is 1. The summed E-state index contributed by atoms with van der Waals surface area (Å²) in [4.78, 5) is 2.57. The number of hydrogen-bond donors (Lipinski definition) is 1. The molecule has 98 valence electrons. The van der Waals surface area contributed by atoms with Gasteiger partial charge >= 0.3 is 0 Å². The molecule has 3 nitrogen and oxygen atoms in total. The number of nitrogens with zero attached hydrogens (tertiary/aromatic N) is 1. The maximum absolute atomic E-state index is 5.93. The monoisotopic (exact) mass is 246 g/mol. The summed E-state index contributed by atoms with van der Waals surface area (Å²) >= 11 is 0. The van der Waals surface area contributed by atoms with Crippen LogP contribution in [0.5, 0.6) is 5.75 Å². The highest BCUT2D eigenvalue weighted by Gasteiger charge is 2.42. The van der Waals surface area contributed by atoms with Crippen molar-refractivity contribution in [1.82, 2.24) is 4.90 Å². The molecule has 1 spiro atoms. The molecule has 0 bridgehead atoms. The molecule has 0 aliphatic carbocycles. The van der Waals surface area contributed by atoms with Gasteiger partial charge in [0.1, 0.15) is 5.75 Å². The SMILES string of the molecule is CCCN1CCC2(CC1)COc1ccc(N)cc12. The van der Waals surface area contributed by atoms with E-state index in [4.69, 9.17) is 10.5 Å². The normalized spacial score (nSPS) is 21.8. The summed E-state index contributed by atoms with van der Waals surface area (Å²) in [5.74, 6) is 1.05. The third-order valence-electron chi connectivity index (χ3n) is 4.43. The Labute approximate surface area is 109 Å². The van der Waals surface area contributed by atoms with Gasteiger partial charge in [-0.15, -0.1) is 0 Å². The van der Waals surface area contributed by atoms with Gasteiger partial charge in [0.15, 0.2) is 0 Å². The van der Waals surface area contributed by atoms with Crippen molar-refractivity contribution < 1.29 is 4.74 Å². The van der Waals surface area contributed by atoms with Gasteiger partial charge in [0.2, 0.25) is 0 Å². The van der Waals surface area contributed by atoms with E-state index >= 15 is 0 Å². The smallest absolute Gasteiger partial charge is 0.123 e. The molecular weight excluding hydrogens is 224 g/mol. The minimum absolute atomic E-state index is 0.231. The Balaban J connectivity index is 1.81. The molecule has 18 heavy (non-hydrogen) atoms. The number of fused-ring (bicyclic) bond motifs is 2. The zero-order valence-electron chi connectivity index (χ0n) is 11.1. The number of hydrogen-bond acceptors (Lipinski definition) is 3. The van der Waals surface area contributed by atoms with Crippen molar-refractivity contribution in [3.05, 3.63) is 23.8 Å². The predicted octanol–water partition coefficient (Wildman–Crippen LogP) is 2.40. The van der Waals surface area contributed by atoms with Crippen LogP contribution in [0.15, 0.2) is 18.2 Å². The molecule has 0 saturated carbocycles. The molecule has 1 aromatic carbocycles. The fourth-order valence-corrected chi connectivity index (χ4v) is 3.32. The number of benzene rings is 1. The zero-order chi connectivity index (χ0) is 12.6. The standard InChI is InChI=1S/C15H22N2O/c1-2-7-17-8-5-15(6-9-17)11-18-14-4-3-12(16)10-13(14)15/h3-4,10H,2,5-9,11,16H2,1H3. The van der Waals surface area contributed by atoms with Gasteiger partial charge < -0.3 is 15.4 Å². The zero-order valence-corrected chi connectivity index (χ0v) is 11.1. The first-order chi connectivity index (χ1) is 8.73. The van der Waals surface area contributed by atoms with Gasteiger partial charge in [-0.05, 0) is 57.1 Å². The number of piperidine rings is 1. The number of ether oxygens (including phenoxy) is 1. The van der Waals surface area contributed by atoms with Gasteiger partial charge in [0.25, 0.3) is 0 Å². The van der Waals surface area contributed by atoms with E-state index in [0.717, 1.165) is 18.0 Å². The van der Waals surface area contributed by atoms with Gasteiger partial charge in [-0.3, -0.25) is 0 Å². The summed E-state index contributed by atoms with van der Waals surface area (Å²) < 4.78 is 5.87. The summed E-state index contributed by atoms with van der Waals surface area (Å²) in [5, 5.41) is 0. The van der Waals surface area contributed by atoms with E-state index in [1.54, 1.807) is 0 Å². The lowest BCUT2D eigenvalue weighted by atomic mass is 9.74. The maximum Gasteiger partial charge on any atom is 0.123 e. The lowest BCUT2D eigenvalue weighted by molar-refractivity contribution is 0.135. The van der Waals surface area contributed by atoms with Crippen LogP contribution in [0.3, 0.4) is 0 Å². The highest BCUT2D eigenvalue weighted by Crippen LogP contribution is 2.46. The minimum Gasteiger partial charge on any atom is -0.492 e. The maximum atomic E-state index is 5.93. The molecule has 2 heterocycles. The first-order valence-electron chi connectivity index (χ1n) is 6.99. The van der Waals surface area contributed by atoms with Crippen LogP contribution in [0.2, 0.25) is 0 Å². The molecule has 1 aromatic rings. The molecule has 2 aliphatic heterocycles. The average molecular weight is 246 g/mol. The van der Waals surface area contributed by atoms with Crippen molar-refractivity contribution in [2.24, 2.45) is 0 Å². The second-order valence-corrected chi connectivity index (χ2v) is 5.67. The third-order valence-corrected chi connectivity index (χ3v) is 4.43. The number of rotatable bonds is 2. The Morgan fingerprint density at radius 1 is 1.33 bits per heavy atom. The van der Waals surface area contributed by atoms with Crippen molar-refractivity contribution in [2.75, 3.05) is 32.0 Å². The molecule has 1 fully saturated rings. The second kappa shape index (κ2) is 4.47. The van der Waals surface area contributed by atoms with E-state index in [0.29, 0.717) is 0 Å². The van der Waals surface area contributed by atoms with E-state index in [1.807, 2.05) is 12.1 Å².